The van der Waals surface area contributed by atoms with Gasteiger partial charge in [0.1, 0.15) is 22.3 Å². The van der Waals surface area contributed by atoms with E-state index >= 15 is 0 Å². The van der Waals surface area contributed by atoms with Gasteiger partial charge in [0.15, 0.2) is 0 Å². The normalized spacial score (nSPS) is 11.7. The minimum atomic E-state index is 0.893. The van der Waals surface area contributed by atoms with Crippen LogP contribution in [0.3, 0.4) is 0 Å². The van der Waals surface area contributed by atoms with E-state index in [0.29, 0.717) is 0 Å². The number of nitrogens with zero attached hydrogens (tertiary/aromatic N) is 2. The molecule has 0 spiro atoms. The molecule has 0 bridgehead atoms. The molecule has 0 radical (unpaired) electrons. The highest BCUT2D eigenvalue weighted by Gasteiger charge is 2.24. The van der Waals surface area contributed by atoms with Crippen LogP contribution in [-0.2, 0) is 0 Å². The number of anilines is 3. The predicted molar refractivity (Wildman–Crippen MR) is 317 cm³/mol. The van der Waals surface area contributed by atoms with Crippen LogP contribution in [0.15, 0.2) is 288 Å². The molecule has 0 aliphatic heterocycles. The molecule has 4 nitrogen and oxygen atoms in total. The maximum absolute atomic E-state index is 6.49. The largest absolute Gasteiger partial charge is 0.455 e. The molecule has 0 aliphatic rings. The van der Waals surface area contributed by atoms with E-state index in [1.807, 2.05) is 24.3 Å². The van der Waals surface area contributed by atoms with Gasteiger partial charge in [-0.25, -0.2) is 0 Å². The third kappa shape index (κ3) is 7.07. The lowest BCUT2D eigenvalue weighted by Crippen LogP contribution is -2.09. The second-order valence-corrected chi connectivity index (χ2v) is 19.5. The Bertz CT molecular complexity index is 4490. The molecule has 15 aromatic rings. The number of aromatic nitrogens is 1. The smallest absolute Gasteiger partial charge is 0.143 e. The number of hydrogen-bond donors (Lipinski definition) is 0. The summed E-state index contributed by atoms with van der Waals surface area (Å²) in [6, 6.07) is 100. The van der Waals surface area contributed by atoms with Crippen LogP contribution in [0.4, 0.5) is 17.1 Å². The average Bonchev–Trinajstić information content (AvgIpc) is 4.25. The number of fused-ring (bicyclic) bond motifs is 9. The van der Waals surface area contributed by atoms with Crippen LogP contribution in [0.25, 0.3) is 127 Å². The van der Waals surface area contributed by atoms with Gasteiger partial charge in [-0.05, 0) is 99.4 Å². The lowest BCUT2D eigenvalue weighted by molar-refractivity contribution is 0.669. The molecule has 3 heterocycles. The lowest BCUT2D eigenvalue weighted by atomic mass is 9.94. The molecular formula is C72H46N2O2. The molecule has 0 atom stereocenters. The third-order valence-electron chi connectivity index (χ3n) is 15.2. The molecule has 356 valence electrons. The van der Waals surface area contributed by atoms with Gasteiger partial charge in [-0.1, -0.05) is 218 Å². The highest BCUT2D eigenvalue weighted by atomic mass is 16.3. The first-order chi connectivity index (χ1) is 37.7. The molecule has 0 saturated carbocycles. The molecule has 4 heteroatoms. The highest BCUT2D eigenvalue weighted by molar-refractivity contribution is 6.18. The molecule has 12 aromatic carbocycles. The van der Waals surface area contributed by atoms with E-state index in [9.17, 15) is 0 Å². The maximum atomic E-state index is 6.49. The molecule has 0 unspecified atom stereocenters. The molecule has 0 amide bonds. The van der Waals surface area contributed by atoms with Gasteiger partial charge in [-0.3, -0.25) is 0 Å². The van der Waals surface area contributed by atoms with E-state index in [2.05, 4.69) is 264 Å². The standard InChI is InChI=1S/C72H46N2O2/c1-4-17-50(18-5-1)68-65-46-45-59-56(25-14-28-62(59)70(65)74(52-21-8-3-9-22-52)69(68)51-19-6-2-7-20-51)47-33-39-53(40-34-47)73(54-41-35-48(36-42-54)57-26-15-29-63-60-23-10-12-31-66(60)75-71(57)63)55-43-37-49(38-44-55)58-27-16-30-64-61-24-11-13-32-67(61)76-72(58)64/h1-46H. The van der Waals surface area contributed by atoms with E-state index in [-0.39, 0.29) is 0 Å². The number of furan rings is 2. The van der Waals surface area contributed by atoms with Crippen molar-refractivity contribution in [2.24, 2.45) is 0 Å². The average molecular weight is 971 g/mol. The number of hydrogen-bond acceptors (Lipinski definition) is 3. The lowest BCUT2D eigenvalue weighted by Gasteiger charge is -2.26. The van der Waals surface area contributed by atoms with E-state index in [1.165, 1.54) is 49.6 Å². The highest BCUT2D eigenvalue weighted by Crippen LogP contribution is 2.47. The van der Waals surface area contributed by atoms with E-state index in [4.69, 9.17) is 8.83 Å². The fourth-order valence-corrected chi connectivity index (χ4v) is 11.8. The Kier molecular flexibility index (Phi) is 10.2. The van der Waals surface area contributed by atoms with Crippen molar-refractivity contribution >= 4 is 82.6 Å². The monoisotopic (exact) mass is 970 g/mol. The summed E-state index contributed by atoms with van der Waals surface area (Å²) in [6.45, 7) is 0. The van der Waals surface area contributed by atoms with Crippen molar-refractivity contribution in [3.05, 3.63) is 279 Å². The van der Waals surface area contributed by atoms with Crippen molar-refractivity contribution in [1.82, 2.24) is 4.57 Å². The van der Waals surface area contributed by atoms with Crippen molar-refractivity contribution in [2.75, 3.05) is 4.90 Å². The first-order valence-corrected chi connectivity index (χ1v) is 25.9. The van der Waals surface area contributed by atoms with Crippen LogP contribution in [0.5, 0.6) is 0 Å². The molecule has 3 aromatic heterocycles. The first-order valence-electron chi connectivity index (χ1n) is 25.9. The molecule has 0 N–H and O–H groups in total. The quantitative estimate of drug-likeness (QED) is 0.145. The minimum Gasteiger partial charge on any atom is -0.455 e. The van der Waals surface area contributed by atoms with Crippen molar-refractivity contribution < 1.29 is 8.83 Å². The molecule has 0 saturated heterocycles. The second-order valence-electron chi connectivity index (χ2n) is 19.5. The Morgan fingerprint density at radius 1 is 0.263 bits per heavy atom. The zero-order valence-electron chi connectivity index (χ0n) is 41.3. The SMILES string of the molecule is c1ccc(-c2c(-c3ccccc3)n(-c3ccccc3)c3c2ccc2c(-c4ccc(N(c5ccc(-c6cccc7c6oc6ccccc67)cc5)c5ccc(-c6cccc7c6oc6ccccc67)cc5)cc4)cccc23)cc1. The fraction of sp³-hybridized carbons (Fsp3) is 0. The van der Waals surface area contributed by atoms with Gasteiger partial charge < -0.3 is 18.3 Å². The minimum absolute atomic E-state index is 0.893. The summed E-state index contributed by atoms with van der Waals surface area (Å²) in [5.74, 6) is 0. The van der Waals surface area contributed by atoms with Crippen molar-refractivity contribution in [3.8, 4) is 61.5 Å². The molecule has 0 aliphatic carbocycles. The Hall–Kier alpha value is -10.2. The van der Waals surface area contributed by atoms with Crippen LogP contribution < -0.4 is 4.90 Å². The summed E-state index contributed by atoms with van der Waals surface area (Å²) >= 11 is 0. The van der Waals surface area contributed by atoms with Gasteiger partial charge in [0.2, 0.25) is 0 Å². The van der Waals surface area contributed by atoms with E-state index < -0.39 is 0 Å². The zero-order chi connectivity index (χ0) is 50.1. The second kappa shape index (κ2) is 17.8. The summed E-state index contributed by atoms with van der Waals surface area (Å²) < 4.78 is 15.5. The Morgan fingerprint density at radius 2 is 0.671 bits per heavy atom. The van der Waals surface area contributed by atoms with E-state index in [1.54, 1.807) is 0 Å². The summed E-state index contributed by atoms with van der Waals surface area (Å²) in [6.07, 6.45) is 0. The molecule has 15 rings (SSSR count). The molecule has 0 fully saturated rings. The first kappa shape index (κ1) is 43.4. The number of rotatable bonds is 9. The van der Waals surface area contributed by atoms with Gasteiger partial charge in [0, 0.05) is 71.8 Å². The Labute approximate surface area is 439 Å². The van der Waals surface area contributed by atoms with Gasteiger partial charge in [-0.15, -0.1) is 0 Å². The topological polar surface area (TPSA) is 34.5 Å². The van der Waals surface area contributed by atoms with Crippen LogP contribution in [0, 0.1) is 0 Å². The van der Waals surface area contributed by atoms with Crippen LogP contribution in [0.1, 0.15) is 0 Å². The Balaban J connectivity index is 0.861. The number of benzene rings is 12. The predicted octanol–water partition coefficient (Wildman–Crippen LogP) is 20.4. The van der Waals surface area contributed by atoms with Crippen LogP contribution in [0.2, 0.25) is 0 Å². The summed E-state index contributed by atoms with van der Waals surface area (Å²) in [4.78, 5) is 2.34. The maximum Gasteiger partial charge on any atom is 0.143 e. The van der Waals surface area contributed by atoms with E-state index in [0.717, 1.165) is 94.4 Å². The number of para-hydroxylation sites is 5. The van der Waals surface area contributed by atoms with Crippen LogP contribution in [-0.4, -0.2) is 4.57 Å². The van der Waals surface area contributed by atoms with Gasteiger partial charge in [-0.2, -0.15) is 0 Å². The van der Waals surface area contributed by atoms with Gasteiger partial charge in [0.05, 0.1) is 11.2 Å². The zero-order valence-corrected chi connectivity index (χ0v) is 41.3. The molecule has 76 heavy (non-hydrogen) atoms. The van der Waals surface area contributed by atoms with Crippen LogP contribution >= 0.6 is 0 Å². The summed E-state index contributed by atoms with van der Waals surface area (Å²) in [5, 5.41) is 8.08. The Morgan fingerprint density at radius 3 is 1.20 bits per heavy atom. The van der Waals surface area contributed by atoms with Gasteiger partial charge in [0.25, 0.3) is 0 Å². The summed E-state index contributed by atoms with van der Waals surface area (Å²) in [7, 11) is 0. The van der Waals surface area contributed by atoms with Crippen molar-refractivity contribution in [3.63, 3.8) is 0 Å². The van der Waals surface area contributed by atoms with Crippen molar-refractivity contribution in [2.45, 2.75) is 0 Å². The molecular weight excluding hydrogens is 925 g/mol. The van der Waals surface area contributed by atoms with Crippen molar-refractivity contribution in [1.29, 1.82) is 0 Å². The fourth-order valence-electron chi connectivity index (χ4n) is 11.8. The summed E-state index contributed by atoms with van der Waals surface area (Å²) in [5.41, 5.74) is 20.4. The third-order valence-corrected chi connectivity index (χ3v) is 15.2. The van der Waals surface area contributed by atoms with Gasteiger partial charge >= 0.3 is 0 Å².